The Bertz CT molecular complexity index is 258. The lowest BCUT2D eigenvalue weighted by Crippen LogP contribution is -2.52. The number of amides is 1. The highest BCUT2D eigenvalue weighted by Crippen LogP contribution is 2.30. The molecule has 4 heteroatoms. The van der Waals surface area contributed by atoms with Crippen LogP contribution in [0.4, 0.5) is 0 Å². The Balaban J connectivity index is 1.74. The number of nitrogens with one attached hydrogen (secondary N) is 1. The third-order valence-corrected chi connectivity index (χ3v) is 3.81. The van der Waals surface area contributed by atoms with Crippen LogP contribution in [0.3, 0.4) is 0 Å². The third kappa shape index (κ3) is 2.55. The minimum atomic E-state index is -0.542. The van der Waals surface area contributed by atoms with E-state index in [2.05, 4.69) is 5.32 Å². The molecule has 1 amide bonds. The average Bonchev–Trinajstić information content (AvgIpc) is 2.75. The average molecular weight is 226 g/mol. The number of nitrogens with zero attached hydrogens (tertiary/aromatic N) is 1. The lowest BCUT2D eigenvalue weighted by atomic mass is 9.80. The number of likely N-dealkylation sites (tertiary alicyclic amines) is 1. The highest BCUT2D eigenvalue weighted by molar-refractivity contribution is 5.81. The molecule has 1 saturated heterocycles. The van der Waals surface area contributed by atoms with Crippen LogP contribution in [0.5, 0.6) is 0 Å². The van der Waals surface area contributed by atoms with Gasteiger partial charge in [0.25, 0.3) is 0 Å². The Morgan fingerprint density at radius 3 is 2.50 bits per heavy atom. The minimum Gasteiger partial charge on any atom is -0.389 e. The van der Waals surface area contributed by atoms with Crippen LogP contribution >= 0.6 is 0 Å². The van der Waals surface area contributed by atoms with Crippen molar-refractivity contribution in [3.63, 3.8) is 0 Å². The Morgan fingerprint density at radius 2 is 2.00 bits per heavy atom. The summed E-state index contributed by atoms with van der Waals surface area (Å²) in [6.45, 7) is 4.24. The van der Waals surface area contributed by atoms with Gasteiger partial charge in [-0.25, -0.2) is 0 Å². The van der Waals surface area contributed by atoms with Crippen molar-refractivity contribution in [2.75, 3.05) is 19.6 Å². The summed E-state index contributed by atoms with van der Waals surface area (Å²) in [4.78, 5) is 13.9. The van der Waals surface area contributed by atoms with Gasteiger partial charge in [-0.1, -0.05) is 0 Å². The normalized spacial score (nSPS) is 25.2. The molecule has 16 heavy (non-hydrogen) atoms. The fraction of sp³-hybridized carbons (Fsp3) is 0.917. The van der Waals surface area contributed by atoms with E-state index in [9.17, 15) is 9.90 Å². The summed E-state index contributed by atoms with van der Waals surface area (Å²) in [5, 5.41) is 13.1. The summed E-state index contributed by atoms with van der Waals surface area (Å²) < 4.78 is 0. The van der Waals surface area contributed by atoms with Crippen LogP contribution in [-0.2, 0) is 4.79 Å². The van der Waals surface area contributed by atoms with Crippen LogP contribution in [-0.4, -0.2) is 47.2 Å². The molecular formula is C12H22N2O2. The van der Waals surface area contributed by atoms with Gasteiger partial charge in [0.05, 0.1) is 11.6 Å². The number of carbonyl (C=O) groups excluding carboxylic acids is 1. The first kappa shape index (κ1) is 11.9. The maximum absolute atomic E-state index is 12.0. The molecule has 2 fully saturated rings. The second-order valence-electron chi connectivity index (χ2n) is 5.21. The van der Waals surface area contributed by atoms with Gasteiger partial charge in [0.1, 0.15) is 0 Å². The molecule has 0 radical (unpaired) electrons. The van der Waals surface area contributed by atoms with E-state index in [4.69, 9.17) is 0 Å². The highest BCUT2D eigenvalue weighted by Gasteiger charge is 2.35. The molecule has 0 spiro atoms. The fourth-order valence-electron chi connectivity index (χ4n) is 2.40. The van der Waals surface area contributed by atoms with Gasteiger partial charge in [-0.15, -0.1) is 0 Å². The topological polar surface area (TPSA) is 52.6 Å². The monoisotopic (exact) mass is 226 g/mol. The van der Waals surface area contributed by atoms with E-state index in [1.165, 1.54) is 0 Å². The molecule has 1 heterocycles. The van der Waals surface area contributed by atoms with Crippen molar-refractivity contribution in [3.8, 4) is 0 Å². The molecular weight excluding hydrogens is 204 g/mol. The number of hydrogen-bond acceptors (Lipinski definition) is 3. The third-order valence-electron chi connectivity index (χ3n) is 3.81. The van der Waals surface area contributed by atoms with Gasteiger partial charge in [-0.2, -0.15) is 0 Å². The smallest absolute Gasteiger partial charge is 0.239 e. The van der Waals surface area contributed by atoms with E-state index < -0.39 is 5.60 Å². The van der Waals surface area contributed by atoms with Gasteiger partial charge in [0.2, 0.25) is 5.91 Å². The van der Waals surface area contributed by atoms with Crippen LogP contribution in [0.15, 0.2) is 0 Å². The lowest BCUT2D eigenvalue weighted by Gasteiger charge is -2.37. The quantitative estimate of drug-likeness (QED) is 0.734. The van der Waals surface area contributed by atoms with Gasteiger partial charge < -0.3 is 15.3 Å². The first-order valence-corrected chi connectivity index (χ1v) is 6.35. The molecule has 4 nitrogen and oxygen atoms in total. The molecule has 1 saturated carbocycles. The van der Waals surface area contributed by atoms with Crippen molar-refractivity contribution in [1.29, 1.82) is 0 Å². The van der Waals surface area contributed by atoms with Crippen molar-refractivity contribution in [3.05, 3.63) is 0 Å². The lowest BCUT2D eigenvalue weighted by molar-refractivity contribution is -0.132. The van der Waals surface area contributed by atoms with Crippen LogP contribution < -0.4 is 5.32 Å². The van der Waals surface area contributed by atoms with Crippen LogP contribution in [0.25, 0.3) is 0 Å². The molecule has 2 N–H and O–H groups in total. The molecule has 1 aliphatic carbocycles. The van der Waals surface area contributed by atoms with Gasteiger partial charge in [-0.05, 0) is 39.0 Å². The SMILES string of the molecule is CC(NCC1(O)CCC1)C(=O)N1CCCC1. The van der Waals surface area contributed by atoms with E-state index in [1.807, 2.05) is 11.8 Å². The van der Waals surface area contributed by atoms with Gasteiger partial charge in [-0.3, -0.25) is 4.79 Å². The summed E-state index contributed by atoms with van der Waals surface area (Å²) in [7, 11) is 0. The predicted octanol–water partition coefficient (Wildman–Crippen LogP) is 0.502. The number of aliphatic hydroxyl groups is 1. The minimum absolute atomic E-state index is 0.164. The predicted molar refractivity (Wildman–Crippen MR) is 62.1 cm³/mol. The molecule has 92 valence electrons. The molecule has 2 aliphatic rings. The van der Waals surface area contributed by atoms with Crippen LogP contribution in [0.2, 0.25) is 0 Å². The van der Waals surface area contributed by atoms with Gasteiger partial charge >= 0.3 is 0 Å². The van der Waals surface area contributed by atoms with E-state index in [-0.39, 0.29) is 11.9 Å². The summed E-state index contributed by atoms with van der Waals surface area (Å²) in [6, 6.07) is -0.164. The second-order valence-corrected chi connectivity index (χ2v) is 5.21. The van der Waals surface area contributed by atoms with E-state index in [0.29, 0.717) is 6.54 Å². The van der Waals surface area contributed by atoms with Crippen LogP contribution in [0, 0.1) is 0 Å². The maximum atomic E-state index is 12.0. The van der Waals surface area contributed by atoms with Crippen LogP contribution in [0.1, 0.15) is 39.0 Å². The van der Waals surface area contributed by atoms with E-state index in [0.717, 1.165) is 45.2 Å². The Hall–Kier alpha value is -0.610. The van der Waals surface area contributed by atoms with Gasteiger partial charge in [0.15, 0.2) is 0 Å². The summed E-state index contributed by atoms with van der Waals surface area (Å²) >= 11 is 0. The zero-order valence-electron chi connectivity index (χ0n) is 10.0. The fourth-order valence-corrected chi connectivity index (χ4v) is 2.40. The van der Waals surface area contributed by atoms with Crippen molar-refractivity contribution >= 4 is 5.91 Å². The number of rotatable bonds is 4. The van der Waals surface area contributed by atoms with Gasteiger partial charge in [0, 0.05) is 19.6 Å². The molecule has 0 bridgehead atoms. The second kappa shape index (κ2) is 4.72. The number of carbonyl (C=O) groups is 1. The van der Waals surface area contributed by atoms with Crippen molar-refractivity contribution < 1.29 is 9.90 Å². The van der Waals surface area contributed by atoms with Crippen molar-refractivity contribution in [1.82, 2.24) is 10.2 Å². The Kier molecular flexibility index (Phi) is 3.50. The Labute approximate surface area is 97.0 Å². The standard InChI is InChI=1S/C12H22N2O2/c1-10(11(15)14-7-2-3-8-14)13-9-12(16)5-4-6-12/h10,13,16H,2-9H2,1H3. The van der Waals surface area contributed by atoms with E-state index >= 15 is 0 Å². The zero-order chi connectivity index (χ0) is 11.6. The molecule has 0 aromatic rings. The van der Waals surface area contributed by atoms with E-state index in [1.54, 1.807) is 0 Å². The first-order chi connectivity index (χ1) is 7.61. The largest absolute Gasteiger partial charge is 0.389 e. The van der Waals surface area contributed by atoms with Crippen molar-refractivity contribution in [2.24, 2.45) is 0 Å². The molecule has 1 atom stereocenters. The molecule has 0 aromatic heterocycles. The summed E-state index contributed by atoms with van der Waals surface area (Å²) in [6.07, 6.45) is 5.09. The van der Waals surface area contributed by atoms with Crippen molar-refractivity contribution in [2.45, 2.75) is 50.7 Å². The maximum Gasteiger partial charge on any atom is 0.239 e. The number of hydrogen-bond donors (Lipinski definition) is 2. The zero-order valence-corrected chi connectivity index (χ0v) is 10.0. The molecule has 1 aliphatic heterocycles. The summed E-state index contributed by atoms with van der Waals surface area (Å²) in [5.74, 6) is 0.181. The summed E-state index contributed by atoms with van der Waals surface area (Å²) in [5.41, 5.74) is -0.542. The molecule has 1 unspecified atom stereocenters. The Morgan fingerprint density at radius 1 is 1.38 bits per heavy atom. The first-order valence-electron chi connectivity index (χ1n) is 6.35. The molecule has 2 rings (SSSR count). The molecule has 0 aromatic carbocycles. The highest BCUT2D eigenvalue weighted by atomic mass is 16.3.